The Morgan fingerprint density at radius 3 is 2.75 bits per heavy atom. The van der Waals surface area contributed by atoms with Gasteiger partial charge >= 0.3 is 0 Å². The van der Waals surface area contributed by atoms with E-state index in [0.717, 1.165) is 12.2 Å². The number of hydrogen-bond acceptors (Lipinski definition) is 5. The summed E-state index contributed by atoms with van der Waals surface area (Å²) >= 11 is 0. The molecule has 0 spiro atoms. The van der Waals surface area contributed by atoms with E-state index >= 15 is 0 Å². The van der Waals surface area contributed by atoms with Crippen molar-refractivity contribution in [3.05, 3.63) is 29.8 Å². The fraction of sp³-hybridized carbons (Fsp3) is 0.600. The summed E-state index contributed by atoms with van der Waals surface area (Å²) in [7, 11) is 1.57. The third-order valence-corrected chi connectivity index (χ3v) is 2.98. The Labute approximate surface area is 120 Å². The zero-order chi connectivity index (χ0) is 14.8. The number of aryl methyl sites for hydroxylation is 1. The second-order valence-corrected chi connectivity index (χ2v) is 4.71. The molecule has 114 valence electrons. The normalized spacial score (nSPS) is 14.0. The quantitative estimate of drug-likeness (QED) is 0.586. The molecule has 0 radical (unpaired) electrons. The second-order valence-electron chi connectivity index (χ2n) is 4.71. The summed E-state index contributed by atoms with van der Waals surface area (Å²) in [6.45, 7) is 3.03. The van der Waals surface area contributed by atoms with Gasteiger partial charge in [-0.2, -0.15) is 0 Å². The van der Waals surface area contributed by atoms with Crippen molar-refractivity contribution in [3.63, 3.8) is 0 Å². The summed E-state index contributed by atoms with van der Waals surface area (Å²) in [6, 6.07) is 7.67. The zero-order valence-corrected chi connectivity index (χ0v) is 12.2. The third kappa shape index (κ3) is 6.34. The first-order valence-electron chi connectivity index (χ1n) is 6.92. The molecule has 5 nitrogen and oxygen atoms in total. The van der Waals surface area contributed by atoms with Gasteiger partial charge in [0.2, 0.25) is 0 Å². The highest BCUT2D eigenvalue weighted by molar-refractivity contribution is 5.28. The van der Waals surface area contributed by atoms with Crippen LogP contribution in [0.2, 0.25) is 0 Å². The highest BCUT2D eigenvalue weighted by atomic mass is 16.5. The summed E-state index contributed by atoms with van der Waals surface area (Å²) < 4.78 is 10.5. The van der Waals surface area contributed by atoms with Crippen molar-refractivity contribution >= 4 is 0 Å². The number of methoxy groups -OCH3 is 1. The van der Waals surface area contributed by atoms with E-state index in [9.17, 15) is 5.11 Å². The van der Waals surface area contributed by atoms with Gasteiger partial charge in [-0.05, 0) is 24.1 Å². The van der Waals surface area contributed by atoms with Crippen molar-refractivity contribution in [2.24, 2.45) is 0 Å². The van der Waals surface area contributed by atoms with Crippen molar-refractivity contribution in [2.45, 2.75) is 25.5 Å². The summed E-state index contributed by atoms with van der Waals surface area (Å²) in [5.41, 5.74) is 1.20. The summed E-state index contributed by atoms with van der Waals surface area (Å²) in [6.07, 6.45) is 0.322. The van der Waals surface area contributed by atoms with E-state index in [1.165, 1.54) is 5.56 Å². The Bertz CT molecular complexity index is 373. The molecule has 0 bridgehead atoms. The Hall–Kier alpha value is -1.14. The molecule has 2 unspecified atom stereocenters. The van der Waals surface area contributed by atoms with Gasteiger partial charge in [-0.15, -0.1) is 0 Å². The predicted molar refractivity (Wildman–Crippen MR) is 78.1 cm³/mol. The van der Waals surface area contributed by atoms with Crippen LogP contribution in [0.4, 0.5) is 0 Å². The average Bonchev–Trinajstić information content (AvgIpc) is 2.49. The number of ether oxygens (including phenoxy) is 2. The minimum atomic E-state index is -0.633. The maximum atomic E-state index is 9.84. The Morgan fingerprint density at radius 1 is 1.30 bits per heavy atom. The fourth-order valence-electron chi connectivity index (χ4n) is 1.79. The number of hydrogen-bond donors (Lipinski definition) is 3. The largest absolute Gasteiger partial charge is 0.491 e. The van der Waals surface area contributed by atoms with Crippen LogP contribution in [0.15, 0.2) is 24.3 Å². The predicted octanol–water partition coefficient (Wildman–Crippen LogP) is 0.586. The summed E-state index contributed by atoms with van der Waals surface area (Å²) in [5, 5.41) is 21.9. The molecule has 5 heteroatoms. The lowest BCUT2D eigenvalue weighted by Gasteiger charge is -2.18. The molecule has 0 saturated heterocycles. The van der Waals surface area contributed by atoms with Crippen LogP contribution in [0, 0.1) is 0 Å². The highest BCUT2D eigenvalue weighted by Crippen LogP contribution is 2.13. The topological polar surface area (TPSA) is 71.0 Å². The minimum Gasteiger partial charge on any atom is -0.491 e. The first kappa shape index (κ1) is 16.9. The van der Waals surface area contributed by atoms with Gasteiger partial charge in [-0.25, -0.2) is 0 Å². The molecule has 1 rings (SSSR count). The van der Waals surface area contributed by atoms with Gasteiger partial charge in [-0.3, -0.25) is 0 Å². The van der Waals surface area contributed by atoms with Crippen LogP contribution in [0.25, 0.3) is 0 Å². The smallest absolute Gasteiger partial charge is 0.119 e. The van der Waals surface area contributed by atoms with Crippen molar-refractivity contribution in [1.29, 1.82) is 0 Å². The zero-order valence-electron chi connectivity index (χ0n) is 12.2. The van der Waals surface area contributed by atoms with E-state index in [1.54, 1.807) is 7.11 Å². The first-order chi connectivity index (χ1) is 9.69. The van der Waals surface area contributed by atoms with Gasteiger partial charge in [0.15, 0.2) is 0 Å². The summed E-state index contributed by atoms with van der Waals surface area (Å²) in [5.74, 6) is 0.763. The molecular weight excluding hydrogens is 258 g/mol. The van der Waals surface area contributed by atoms with Crippen molar-refractivity contribution < 1.29 is 19.7 Å². The molecule has 0 fully saturated rings. The van der Waals surface area contributed by atoms with E-state index in [2.05, 4.69) is 12.2 Å². The van der Waals surface area contributed by atoms with Gasteiger partial charge in [0.05, 0.1) is 19.3 Å². The van der Waals surface area contributed by atoms with Crippen LogP contribution in [-0.2, 0) is 11.2 Å². The molecule has 2 atom stereocenters. The van der Waals surface area contributed by atoms with E-state index in [0.29, 0.717) is 13.2 Å². The number of aliphatic hydroxyl groups is 2. The first-order valence-corrected chi connectivity index (χ1v) is 6.92. The van der Waals surface area contributed by atoms with Crippen LogP contribution in [-0.4, -0.2) is 55.8 Å². The van der Waals surface area contributed by atoms with Crippen molar-refractivity contribution in [1.82, 2.24) is 5.32 Å². The van der Waals surface area contributed by atoms with Crippen LogP contribution in [0.1, 0.15) is 12.5 Å². The van der Waals surface area contributed by atoms with E-state index < -0.39 is 6.10 Å². The Morgan fingerprint density at radius 2 is 2.10 bits per heavy atom. The minimum absolute atomic E-state index is 0.0278. The van der Waals surface area contributed by atoms with Gasteiger partial charge < -0.3 is 25.0 Å². The molecule has 3 N–H and O–H groups in total. The van der Waals surface area contributed by atoms with Crippen LogP contribution in [0.3, 0.4) is 0 Å². The van der Waals surface area contributed by atoms with Gasteiger partial charge in [0.25, 0.3) is 0 Å². The van der Waals surface area contributed by atoms with Crippen molar-refractivity contribution in [2.75, 3.05) is 33.5 Å². The molecule has 0 heterocycles. The van der Waals surface area contributed by atoms with E-state index in [4.69, 9.17) is 14.6 Å². The van der Waals surface area contributed by atoms with Gasteiger partial charge in [0.1, 0.15) is 18.5 Å². The monoisotopic (exact) mass is 283 g/mol. The summed E-state index contributed by atoms with van der Waals surface area (Å²) in [4.78, 5) is 0. The Kier molecular flexibility index (Phi) is 8.22. The van der Waals surface area contributed by atoms with E-state index in [-0.39, 0.29) is 19.3 Å². The molecule has 0 aliphatic heterocycles. The molecule has 20 heavy (non-hydrogen) atoms. The lowest BCUT2D eigenvalue weighted by atomic mass is 10.2. The number of nitrogens with one attached hydrogen (secondary N) is 1. The molecule has 0 aliphatic carbocycles. The average molecular weight is 283 g/mol. The molecule has 0 aliphatic rings. The molecule has 1 aromatic carbocycles. The maximum absolute atomic E-state index is 9.84. The van der Waals surface area contributed by atoms with Gasteiger partial charge in [0, 0.05) is 13.7 Å². The molecule has 0 saturated carbocycles. The number of rotatable bonds is 10. The Balaban J connectivity index is 2.29. The van der Waals surface area contributed by atoms with Gasteiger partial charge in [-0.1, -0.05) is 19.1 Å². The van der Waals surface area contributed by atoms with Crippen LogP contribution in [0.5, 0.6) is 5.75 Å². The number of aliphatic hydroxyl groups excluding tert-OH is 2. The fourth-order valence-corrected chi connectivity index (χ4v) is 1.79. The maximum Gasteiger partial charge on any atom is 0.119 e. The molecular formula is C15H25NO4. The lowest BCUT2D eigenvalue weighted by Crippen LogP contribution is -2.42. The third-order valence-electron chi connectivity index (χ3n) is 2.98. The molecule has 0 amide bonds. The van der Waals surface area contributed by atoms with Crippen LogP contribution >= 0.6 is 0 Å². The van der Waals surface area contributed by atoms with Crippen molar-refractivity contribution in [3.8, 4) is 5.75 Å². The standard InChI is InChI=1S/C15H25NO4/c1-3-12-5-4-6-15(7-12)20-11-14(18)8-16-13(9-17)10-19-2/h4-7,13-14,16-18H,3,8-11H2,1-2H3. The SMILES string of the molecule is CCc1cccc(OCC(O)CNC(CO)COC)c1. The second kappa shape index (κ2) is 9.72. The highest BCUT2D eigenvalue weighted by Gasteiger charge is 2.10. The molecule has 0 aromatic heterocycles. The lowest BCUT2D eigenvalue weighted by molar-refractivity contribution is 0.0854. The molecule has 1 aromatic rings. The van der Waals surface area contributed by atoms with E-state index in [1.807, 2.05) is 24.3 Å². The van der Waals surface area contributed by atoms with Crippen LogP contribution < -0.4 is 10.1 Å². The number of benzene rings is 1.